The van der Waals surface area contributed by atoms with Crippen LogP contribution >= 0.6 is 11.3 Å². The van der Waals surface area contributed by atoms with Crippen molar-refractivity contribution in [2.24, 2.45) is 0 Å². The summed E-state index contributed by atoms with van der Waals surface area (Å²) in [4.78, 5) is 7.63. The zero-order chi connectivity index (χ0) is 13.9. The van der Waals surface area contributed by atoms with Crippen LogP contribution in [0.2, 0.25) is 0 Å². The Bertz CT molecular complexity index is 549. The lowest BCUT2D eigenvalue weighted by atomic mass is 10.1. The van der Waals surface area contributed by atoms with Gasteiger partial charge < -0.3 is 9.88 Å². The number of nitrogens with one attached hydrogen (secondary N) is 1. The van der Waals surface area contributed by atoms with Crippen LogP contribution < -0.4 is 5.32 Å². The van der Waals surface area contributed by atoms with Crippen LogP contribution in [-0.4, -0.2) is 16.1 Å². The third-order valence-corrected chi connectivity index (χ3v) is 5.44. The summed E-state index contributed by atoms with van der Waals surface area (Å²) in [5.41, 5.74) is 1.59. The molecule has 1 atom stereocenters. The Labute approximate surface area is 125 Å². The zero-order valence-corrected chi connectivity index (χ0v) is 13.2. The van der Waals surface area contributed by atoms with Gasteiger partial charge in [0.1, 0.15) is 5.82 Å². The summed E-state index contributed by atoms with van der Waals surface area (Å²) in [6.07, 6.45) is 8.86. The van der Waals surface area contributed by atoms with E-state index in [2.05, 4.69) is 41.0 Å². The monoisotopic (exact) mass is 289 g/mol. The van der Waals surface area contributed by atoms with Crippen LogP contribution in [0.5, 0.6) is 0 Å². The first-order chi connectivity index (χ1) is 9.81. The van der Waals surface area contributed by atoms with Gasteiger partial charge in [0.2, 0.25) is 0 Å². The molecule has 2 aromatic heterocycles. The van der Waals surface area contributed by atoms with Crippen LogP contribution in [0, 0.1) is 0 Å². The fourth-order valence-electron chi connectivity index (χ4n) is 3.04. The molecular weight excluding hydrogens is 266 g/mol. The molecule has 3 rings (SSSR count). The van der Waals surface area contributed by atoms with E-state index in [9.17, 15) is 0 Å². The van der Waals surface area contributed by atoms with E-state index in [1.165, 1.54) is 30.0 Å². The largest absolute Gasteiger partial charge is 0.335 e. The van der Waals surface area contributed by atoms with Gasteiger partial charge >= 0.3 is 0 Å². The summed E-state index contributed by atoms with van der Waals surface area (Å²) >= 11 is 2.01. The van der Waals surface area contributed by atoms with E-state index >= 15 is 0 Å². The van der Waals surface area contributed by atoms with Crippen LogP contribution in [0.1, 0.15) is 47.5 Å². The molecule has 1 aliphatic rings. The summed E-state index contributed by atoms with van der Waals surface area (Å²) in [7, 11) is 0. The third-order valence-electron chi connectivity index (χ3n) is 4.09. The van der Waals surface area contributed by atoms with E-state index < -0.39 is 0 Å². The molecule has 0 fully saturated rings. The maximum absolute atomic E-state index is 4.53. The van der Waals surface area contributed by atoms with Crippen LogP contribution in [0.3, 0.4) is 0 Å². The third kappa shape index (κ3) is 2.67. The molecular formula is C16H23N3S. The van der Waals surface area contributed by atoms with Gasteiger partial charge in [0.15, 0.2) is 0 Å². The van der Waals surface area contributed by atoms with E-state index in [1.807, 2.05) is 17.5 Å². The molecule has 0 spiro atoms. The van der Waals surface area contributed by atoms with E-state index in [0.29, 0.717) is 6.04 Å². The summed E-state index contributed by atoms with van der Waals surface area (Å²) < 4.78 is 2.24. The van der Waals surface area contributed by atoms with Crippen LogP contribution in [0.25, 0.3) is 0 Å². The Morgan fingerprint density at radius 1 is 1.40 bits per heavy atom. The smallest absolute Gasteiger partial charge is 0.110 e. The summed E-state index contributed by atoms with van der Waals surface area (Å²) in [6.45, 7) is 6.35. The fourth-order valence-corrected chi connectivity index (χ4v) is 4.38. The van der Waals surface area contributed by atoms with Gasteiger partial charge in [0.25, 0.3) is 0 Å². The number of thiophene rings is 1. The molecule has 0 aromatic carbocycles. The molecule has 1 N–H and O–H groups in total. The maximum atomic E-state index is 4.53. The van der Waals surface area contributed by atoms with Crippen molar-refractivity contribution in [3.63, 3.8) is 0 Å². The lowest BCUT2D eigenvalue weighted by Crippen LogP contribution is -2.23. The minimum Gasteiger partial charge on any atom is -0.335 e. The number of rotatable bonds is 6. The average molecular weight is 289 g/mol. The van der Waals surface area contributed by atoms with Gasteiger partial charge in [-0.15, -0.1) is 11.3 Å². The minimum absolute atomic E-state index is 0.406. The molecule has 0 amide bonds. The van der Waals surface area contributed by atoms with E-state index in [-0.39, 0.29) is 0 Å². The Hall–Kier alpha value is -1.13. The molecule has 2 aromatic rings. The van der Waals surface area contributed by atoms with Crippen molar-refractivity contribution in [2.75, 3.05) is 6.54 Å². The van der Waals surface area contributed by atoms with Crippen molar-refractivity contribution in [3.8, 4) is 0 Å². The molecule has 20 heavy (non-hydrogen) atoms. The number of hydrogen-bond acceptors (Lipinski definition) is 3. The highest BCUT2D eigenvalue weighted by Crippen LogP contribution is 2.34. The second-order valence-electron chi connectivity index (χ2n) is 5.39. The van der Waals surface area contributed by atoms with Gasteiger partial charge in [0, 0.05) is 41.2 Å². The molecule has 0 aliphatic heterocycles. The van der Waals surface area contributed by atoms with E-state index in [1.54, 1.807) is 10.4 Å². The van der Waals surface area contributed by atoms with Gasteiger partial charge in [-0.05, 0) is 44.4 Å². The number of aromatic nitrogens is 2. The second-order valence-corrected chi connectivity index (χ2v) is 6.56. The molecule has 108 valence electrons. The van der Waals surface area contributed by atoms with Gasteiger partial charge in [-0.1, -0.05) is 6.92 Å². The number of hydrogen-bond donors (Lipinski definition) is 1. The van der Waals surface area contributed by atoms with Crippen molar-refractivity contribution < 1.29 is 0 Å². The predicted octanol–water partition coefficient (Wildman–Crippen LogP) is 3.35. The number of fused-ring (bicyclic) bond motifs is 1. The molecule has 0 saturated carbocycles. The minimum atomic E-state index is 0.406. The highest BCUT2D eigenvalue weighted by Gasteiger charge is 2.21. The molecule has 3 nitrogen and oxygen atoms in total. The van der Waals surface area contributed by atoms with E-state index in [0.717, 1.165) is 19.5 Å². The lowest BCUT2D eigenvalue weighted by molar-refractivity contribution is 0.529. The first kappa shape index (κ1) is 13.8. The molecule has 2 heterocycles. The van der Waals surface area contributed by atoms with Crippen LogP contribution in [0.4, 0.5) is 0 Å². The normalized spacial score (nSPS) is 15.5. The fraction of sp³-hybridized carbons (Fsp3) is 0.562. The molecule has 1 aliphatic carbocycles. The van der Waals surface area contributed by atoms with Crippen LogP contribution in [0.15, 0.2) is 18.5 Å². The molecule has 4 heteroatoms. The van der Waals surface area contributed by atoms with E-state index in [4.69, 9.17) is 0 Å². The van der Waals surface area contributed by atoms with Crippen LogP contribution in [-0.2, 0) is 25.8 Å². The summed E-state index contributed by atoms with van der Waals surface area (Å²) in [5.74, 6) is 1.19. The molecule has 0 saturated heterocycles. The standard InChI is InChI=1S/C16H23N3S/c1-3-17-13(11-16-18-8-9-19(16)4-2)15-10-12-6-5-7-14(12)20-15/h8-10,13,17H,3-7,11H2,1-2H3. The van der Waals surface area contributed by atoms with Crippen molar-refractivity contribution in [1.82, 2.24) is 14.9 Å². The first-order valence-electron chi connectivity index (χ1n) is 7.66. The average Bonchev–Trinajstić information content (AvgIpc) is 3.12. The molecule has 0 bridgehead atoms. The highest BCUT2D eigenvalue weighted by molar-refractivity contribution is 7.12. The maximum Gasteiger partial charge on any atom is 0.110 e. The van der Waals surface area contributed by atoms with Gasteiger partial charge in [0.05, 0.1) is 0 Å². The topological polar surface area (TPSA) is 29.9 Å². The summed E-state index contributed by atoms with van der Waals surface area (Å²) in [6, 6.07) is 2.84. The first-order valence-corrected chi connectivity index (χ1v) is 8.48. The Balaban J connectivity index is 1.81. The van der Waals surface area contributed by atoms with Gasteiger partial charge in [-0.3, -0.25) is 0 Å². The Morgan fingerprint density at radius 3 is 3.05 bits per heavy atom. The SMILES string of the molecule is CCNC(Cc1nccn1CC)c1cc2c(s1)CCC2. The second kappa shape index (κ2) is 6.10. The Kier molecular flexibility index (Phi) is 4.22. The lowest BCUT2D eigenvalue weighted by Gasteiger charge is -2.17. The zero-order valence-electron chi connectivity index (χ0n) is 12.4. The quantitative estimate of drug-likeness (QED) is 0.884. The Morgan fingerprint density at radius 2 is 2.30 bits per heavy atom. The van der Waals surface area contributed by atoms with Crippen molar-refractivity contribution in [2.45, 2.75) is 52.1 Å². The van der Waals surface area contributed by atoms with Gasteiger partial charge in [-0.2, -0.15) is 0 Å². The number of likely N-dealkylation sites (N-methyl/N-ethyl adjacent to an activating group) is 1. The van der Waals surface area contributed by atoms with Gasteiger partial charge in [-0.25, -0.2) is 4.98 Å². The number of aryl methyl sites for hydroxylation is 3. The van der Waals surface area contributed by atoms with Crippen molar-refractivity contribution >= 4 is 11.3 Å². The van der Waals surface area contributed by atoms with Crippen molar-refractivity contribution in [3.05, 3.63) is 39.6 Å². The molecule has 1 unspecified atom stereocenters. The van der Waals surface area contributed by atoms with Crippen molar-refractivity contribution in [1.29, 1.82) is 0 Å². The number of nitrogens with zero attached hydrogens (tertiary/aromatic N) is 2. The highest BCUT2D eigenvalue weighted by atomic mass is 32.1. The number of imidazole rings is 1. The predicted molar refractivity (Wildman–Crippen MR) is 84.4 cm³/mol. The molecule has 0 radical (unpaired) electrons. The summed E-state index contributed by atoms with van der Waals surface area (Å²) in [5, 5.41) is 3.63.